The quantitative estimate of drug-likeness (QED) is 0.775. The SMILES string of the molecule is Cc1c[nH]c(=S)n1CC(C(C)C)C(C)C. The number of H-pyrrole nitrogens is 1. The summed E-state index contributed by atoms with van der Waals surface area (Å²) in [5.74, 6) is 2.08. The Bertz CT molecular complexity index is 352. The zero-order valence-electron chi connectivity index (χ0n) is 10.4. The molecule has 86 valence electrons. The highest BCUT2D eigenvalue weighted by Crippen LogP contribution is 2.23. The number of aryl methyl sites for hydroxylation is 1. The molecule has 1 rings (SSSR count). The van der Waals surface area contributed by atoms with Crippen molar-refractivity contribution in [2.45, 2.75) is 41.2 Å². The molecule has 0 aliphatic heterocycles. The average Bonchev–Trinajstić information content (AvgIpc) is 2.42. The van der Waals surface area contributed by atoms with Gasteiger partial charge in [0.05, 0.1) is 0 Å². The van der Waals surface area contributed by atoms with Crippen molar-refractivity contribution in [1.82, 2.24) is 9.55 Å². The summed E-state index contributed by atoms with van der Waals surface area (Å²) in [5, 5.41) is 0. The maximum absolute atomic E-state index is 5.27. The summed E-state index contributed by atoms with van der Waals surface area (Å²) < 4.78 is 3.05. The summed E-state index contributed by atoms with van der Waals surface area (Å²) >= 11 is 5.27. The highest BCUT2D eigenvalue weighted by Gasteiger charge is 2.18. The lowest BCUT2D eigenvalue weighted by atomic mass is 9.85. The minimum absolute atomic E-state index is 0.686. The summed E-state index contributed by atoms with van der Waals surface area (Å²) in [4.78, 5) is 3.10. The number of rotatable bonds is 4. The molecule has 2 nitrogen and oxygen atoms in total. The second kappa shape index (κ2) is 4.97. The van der Waals surface area contributed by atoms with E-state index in [0.717, 1.165) is 11.3 Å². The fraction of sp³-hybridized carbons (Fsp3) is 0.750. The van der Waals surface area contributed by atoms with Crippen LogP contribution in [0.1, 0.15) is 33.4 Å². The third-order valence-electron chi connectivity index (χ3n) is 3.18. The minimum Gasteiger partial charge on any atom is -0.337 e. The lowest BCUT2D eigenvalue weighted by molar-refractivity contribution is 0.249. The zero-order valence-corrected chi connectivity index (χ0v) is 11.2. The van der Waals surface area contributed by atoms with Crippen molar-refractivity contribution >= 4 is 12.2 Å². The number of hydrogen-bond acceptors (Lipinski definition) is 1. The molecule has 3 heteroatoms. The molecule has 0 atom stereocenters. The van der Waals surface area contributed by atoms with Crippen LogP contribution in [0.15, 0.2) is 6.20 Å². The van der Waals surface area contributed by atoms with Crippen LogP contribution in [-0.2, 0) is 6.54 Å². The normalized spacial score (nSPS) is 12.0. The van der Waals surface area contributed by atoms with E-state index in [9.17, 15) is 0 Å². The fourth-order valence-electron chi connectivity index (χ4n) is 2.11. The van der Waals surface area contributed by atoms with Gasteiger partial charge in [-0.25, -0.2) is 0 Å². The first kappa shape index (κ1) is 12.5. The Balaban J connectivity index is 2.88. The summed E-state index contributed by atoms with van der Waals surface area (Å²) in [6, 6.07) is 0. The number of nitrogens with one attached hydrogen (secondary N) is 1. The Kier molecular flexibility index (Phi) is 4.14. The van der Waals surface area contributed by atoms with Crippen molar-refractivity contribution in [3.63, 3.8) is 0 Å². The van der Waals surface area contributed by atoms with Crippen LogP contribution in [0.5, 0.6) is 0 Å². The molecule has 0 aliphatic rings. The summed E-state index contributed by atoms with van der Waals surface area (Å²) in [6.45, 7) is 12.3. The molecule has 1 heterocycles. The summed E-state index contributed by atoms with van der Waals surface area (Å²) in [7, 11) is 0. The first-order valence-electron chi connectivity index (χ1n) is 5.68. The van der Waals surface area contributed by atoms with E-state index < -0.39 is 0 Å². The summed E-state index contributed by atoms with van der Waals surface area (Å²) in [5.41, 5.74) is 1.23. The monoisotopic (exact) mass is 226 g/mol. The molecule has 0 aromatic carbocycles. The molecule has 0 saturated heterocycles. The molecule has 0 aliphatic carbocycles. The van der Waals surface area contributed by atoms with E-state index in [4.69, 9.17) is 12.2 Å². The van der Waals surface area contributed by atoms with Gasteiger partial charge in [0, 0.05) is 18.4 Å². The molecular formula is C12H22N2S. The lowest BCUT2D eigenvalue weighted by Gasteiger charge is -2.25. The van der Waals surface area contributed by atoms with Gasteiger partial charge in [-0.15, -0.1) is 0 Å². The number of hydrogen-bond donors (Lipinski definition) is 1. The topological polar surface area (TPSA) is 20.7 Å². The maximum Gasteiger partial charge on any atom is 0.177 e. The molecule has 0 saturated carbocycles. The Labute approximate surface area is 97.7 Å². The third-order valence-corrected chi connectivity index (χ3v) is 3.52. The highest BCUT2D eigenvalue weighted by atomic mass is 32.1. The molecule has 1 aromatic heterocycles. The highest BCUT2D eigenvalue weighted by molar-refractivity contribution is 7.71. The molecule has 15 heavy (non-hydrogen) atoms. The first-order valence-corrected chi connectivity index (χ1v) is 6.09. The van der Waals surface area contributed by atoms with Crippen LogP contribution in [0.2, 0.25) is 0 Å². The Morgan fingerprint density at radius 3 is 2.13 bits per heavy atom. The van der Waals surface area contributed by atoms with Gasteiger partial charge in [-0.3, -0.25) is 0 Å². The smallest absolute Gasteiger partial charge is 0.177 e. The summed E-state index contributed by atoms with van der Waals surface area (Å²) in [6.07, 6.45) is 1.99. The fourth-order valence-corrected chi connectivity index (χ4v) is 2.39. The van der Waals surface area contributed by atoms with Gasteiger partial charge in [0.2, 0.25) is 0 Å². The van der Waals surface area contributed by atoms with Gasteiger partial charge in [-0.2, -0.15) is 0 Å². The number of aromatic amines is 1. The first-order chi connectivity index (χ1) is 6.93. The van der Waals surface area contributed by atoms with E-state index in [2.05, 4.69) is 44.2 Å². The van der Waals surface area contributed by atoms with Crippen molar-refractivity contribution in [2.24, 2.45) is 17.8 Å². The predicted molar refractivity (Wildman–Crippen MR) is 67.5 cm³/mol. The molecule has 0 radical (unpaired) electrons. The number of aromatic nitrogens is 2. The Morgan fingerprint density at radius 2 is 1.80 bits per heavy atom. The van der Waals surface area contributed by atoms with Crippen LogP contribution in [0.4, 0.5) is 0 Å². The van der Waals surface area contributed by atoms with Crippen LogP contribution in [0.3, 0.4) is 0 Å². The lowest BCUT2D eigenvalue weighted by Crippen LogP contribution is -2.22. The Morgan fingerprint density at radius 1 is 1.27 bits per heavy atom. The molecular weight excluding hydrogens is 204 g/mol. The van der Waals surface area contributed by atoms with Gasteiger partial charge in [-0.05, 0) is 36.9 Å². The number of nitrogens with zero attached hydrogens (tertiary/aromatic N) is 1. The predicted octanol–water partition coefficient (Wildman–Crippen LogP) is 3.78. The van der Waals surface area contributed by atoms with Crippen LogP contribution < -0.4 is 0 Å². The van der Waals surface area contributed by atoms with E-state index in [1.54, 1.807) is 0 Å². The average molecular weight is 226 g/mol. The second-order valence-corrected chi connectivity index (χ2v) is 5.38. The molecule has 0 spiro atoms. The molecule has 1 aromatic rings. The van der Waals surface area contributed by atoms with Crippen LogP contribution >= 0.6 is 12.2 Å². The number of imidazole rings is 1. The van der Waals surface area contributed by atoms with Gasteiger partial charge < -0.3 is 9.55 Å². The van der Waals surface area contributed by atoms with Crippen molar-refractivity contribution in [3.05, 3.63) is 16.7 Å². The van der Waals surface area contributed by atoms with E-state index in [1.807, 2.05) is 6.20 Å². The van der Waals surface area contributed by atoms with Crippen molar-refractivity contribution in [1.29, 1.82) is 0 Å². The Hall–Kier alpha value is -0.570. The van der Waals surface area contributed by atoms with Crippen LogP contribution in [0, 0.1) is 29.4 Å². The van der Waals surface area contributed by atoms with Gasteiger partial charge >= 0.3 is 0 Å². The largest absolute Gasteiger partial charge is 0.337 e. The van der Waals surface area contributed by atoms with Crippen molar-refractivity contribution in [2.75, 3.05) is 0 Å². The molecule has 0 fully saturated rings. The molecule has 0 bridgehead atoms. The van der Waals surface area contributed by atoms with E-state index in [1.165, 1.54) is 5.69 Å². The molecule has 0 amide bonds. The van der Waals surface area contributed by atoms with E-state index >= 15 is 0 Å². The van der Waals surface area contributed by atoms with Gasteiger partial charge in [0.15, 0.2) is 4.77 Å². The zero-order chi connectivity index (χ0) is 11.6. The van der Waals surface area contributed by atoms with Crippen molar-refractivity contribution in [3.8, 4) is 0 Å². The van der Waals surface area contributed by atoms with Gasteiger partial charge in [0.1, 0.15) is 0 Å². The van der Waals surface area contributed by atoms with Crippen LogP contribution in [-0.4, -0.2) is 9.55 Å². The molecule has 1 N–H and O–H groups in total. The van der Waals surface area contributed by atoms with Gasteiger partial charge in [0.25, 0.3) is 0 Å². The molecule has 0 unspecified atom stereocenters. The maximum atomic E-state index is 5.27. The van der Waals surface area contributed by atoms with E-state index in [0.29, 0.717) is 17.8 Å². The van der Waals surface area contributed by atoms with Crippen LogP contribution in [0.25, 0.3) is 0 Å². The minimum atomic E-state index is 0.686. The standard InChI is InChI=1S/C12H22N2S/c1-8(2)11(9(3)4)7-14-10(5)6-13-12(14)15/h6,8-9,11H,7H2,1-5H3,(H,13,15). The second-order valence-electron chi connectivity index (χ2n) is 5.00. The third kappa shape index (κ3) is 2.94. The van der Waals surface area contributed by atoms with Gasteiger partial charge in [-0.1, -0.05) is 27.7 Å². The van der Waals surface area contributed by atoms with Crippen molar-refractivity contribution < 1.29 is 0 Å². The van der Waals surface area contributed by atoms with E-state index in [-0.39, 0.29) is 0 Å².